The van der Waals surface area contributed by atoms with Crippen LogP contribution in [-0.2, 0) is 6.42 Å². The van der Waals surface area contributed by atoms with Gasteiger partial charge >= 0.3 is 6.55 Å². The van der Waals surface area contributed by atoms with Crippen LogP contribution in [0.4, 0.5) is 8.78 Å². The number of imidazole rings is 1. The van der Waals surface area contributed by atoms with Gasteiger partial charge in [-0.25, -0.2) is 4.98 Å². The van der Waals surface area contributed by atoms with Crippen LogP contribution in [-0.4, -0.2) is 32.1 Å². The highest BCUT2D eigenvalue weighted by Gasteiger charge is 2.17. The maximum atomic E-state index is 13.4. The van der Waals surface area contributed by atoms with Crippen LogP contribution in [0.15, 0.2) is 59.4 Å². The third-order valence-electron chi connectivity index (χ3n) is 4.26. The van der Waals surface area contributed by atoms with Gasteiger partial charge in [0.25, 0.3) is 5.91 Å². The standard InChI is InChI=1S/C19H15F2N5O2/c20-19(21)26-15-4-2-1-3-14(15)24-16(26)9-10-22-18(27)13-7-5-12(6-8-13)17-23-11-28-25-17/h1-8,11,19H,9-10H2,(H,22,27). The lowest BCUT2D eigenvalue weighted by Crippen LogP contribution is -2.26. The van der Waals surface area contributed by atoms with E-state index in [0.717, 1.165) is 10.1 Å². The summed E-state index contributed by atoms with van der Waals surface area (Å²) < 4.78 is 32.4. The Morgan fingerprint density at radius 3 is 2.64 bits per heavy atom. The maximum absolute atomic E-state index is 13.4. The summed E-state index contributed by atoms with van der Waals surface area (Å²) in [5, 5.41) is 6.45. The molecular weight excluding hydrogens is 368 g/mol. The molecule has 1 amide bonds. The van der Waals surface area contributed by atoms with Crippen LogP contribution in [0.5, 0.6) is 0 Å². The Balaban J connectivity index is 1.42. The smallest absolute Gasteiger partial charge is 0.320 e. The van der Waals surface area contributed by atoms with Crippen molar-refractivity contribution in [3.8, 4) is 11.4 Å². The van der Waals surface area contributed by atoms with E-state index in [1.54, 1.807) is 48.5 Å². The number of rotatable bonds is 6. The molecule has 142 valence electrons. The third kappa shape index (κ3) is 3.46. The zero-order valence-corrected chi connectivity index (χ0v) is 14.5. The molecule has 0 aliphatic carbocycles. The molecule has 0 spiro atoms. The van der Waals surface area contributed by atoms with Crippen LogP contribution in [0.3, 0.4) is 0 Å². The molecule has 2 aromatic heterocycles. The van der Waals surface area contributed by atoms with Crippen LogP contribution >= 0.6 is 0 Å². The van der Waals surface area contributed by atoms with Gasteiger partial charge in [-0.1, -0.05) is 29.4 Å². The fourth-order valence-electron chi connectivity index (χ4n) is 2.95. The Morgan fingerprint density at radius 2 is 1.93 bits per heavy atom. The Hall–Kier alpha value is -3.62. The minimum Gasteiger partial charge on any atom is -0.352 e. The topological polar surface area (TPSA) is 85.8 Å². The van der Waals surface area contributed by atoms with Gasteiger partial charge in [0.1, 0.15) is 5.82 Å². The number of fused-ring (bicyclic) bond motifs is 1. The summed E-state index contributed by atoms with van der Waals surface area (Å²) in [6.45, 7) is -2.52. The largest absolute Gasteiger partial charge is 0.352 e. The molecule has 0 aliphatic rings. The molecule has 2 heterocycles. The lowest BCUT2D eigenvalue weighted by molar-refractivity contribution is 0.0715. The number of nitrogens with zero attached hydrogens (tertiary/aromatic N) is 4. The number of benzene rings is 2. The summed E-state index contributed by atoms with van der Waals surface area (Å²) in [4.78, 5) is 20.5. The molecular formula is C19H15F2N5O2. The van der Waals surface area contributed by atoms with Crippen molar-refractivity contribution >= 4 is 16.9 Å². The van der Waals surface area contributed by atoms with E-state index < -0.39 is 6.55 Å². The van der Waals surface area contributed by atoms with Crippen molar-refractivity contribution < 1.29 is 18.1 Å². The van der Waals surface area contributed by atoms with Crippen LogP contribution in [0, 0.1) is 0 Å². The highest BCUT2D eigenvalue weighted by Crippen LogP contribution is 2.23. The van der Waals surface area contributed by atoms with Gasteiger partial charge in [-0.3, -0.25) is 9.36 Å². The summed E-state index contributed by atoms with van der Waals surface area (Å²) in [5.74, 6) is 0.348. The monoisotopic (exact) mass is 383 g/mol. The molecule has 0 atom stereocenters. The molecule has 9 heteroatoms. The zero-order chi connectivity index (χ0) is 19.5. The summed E-state index contributed by atoms with van der Waals surface area (Å²) in [6.07, 6.45) is 1.41. The molecule has 4 rings (SSSR count). The molecule has 7 nitrogen and oxygen atoms in total. The molecule has 0 saturated carbocycles. The normalized spacial score (nSPS) is 11.2. The maximum Gasteiger partial charge on any atom is 0.320 e. The van der Waals surface area contributed by atoms with Crippen molar-refractivity contribution in [1.29, 1.82) is 0 Å². The van der Waals surface area contributed by atoms with Gasteiger partial charge in [-0.2, -0.15) is 13.8 Å². The van der Waals surface area contributed by atoms with Gasteiger partial charge in [0.2, 0.25) is 12.2 Å². The number of hydrogen-bond donors (Lipinski definition) is 1. The lowest BCUT2D eigenvalue weighted by Gasteiger charge is -2.09. The van der Waals surface area contributed by atoms with Crippen molar-refractivity contribution in [2.24, 2.45) is 0 Å². The van der Waals surface area contributed by atoms with Crippen LogP contribution < -0.4 is 5.32 Å². The molecule has 4 aromatic rings. The lowest BCUT2D eigenvalue weighted by atomic mass is 10.1. The first-order valence-corrected chi connectivity index (χ1v) is 8.52. The van der Waals surface area contributed by atoms with Gasteiger partial charge < -0.3 is 9.84 Å². The van der Waals surface area contributed by atoms with E-state index in [2.05, 4.69) is 25.0 Å². The van der Waals surface area contributed by atoms with Crippen LogP contribution in [0.2, 0.25) is 0 Å². The van der Waals surface area contributed by atoms with E-state index >= 15 is 0 Å². The molecule has 28 heavy (non-hydrogen) atoms. The summed E-state index contributed by atoms with van der Waals surface area (Å²) >= 11 is 0. The summed E-state index contributed by atoms with van der Waals surface area (Å²) in [7, 11) is 0. The second-order valence-electron chi connectivity index (χ2n) is 6.00. The SMILES string of the molecule is O=C(NCCc1nc2ccccc2n1C(F)F)c1ccc(-c2ncon2)cc1. The number of carbonyl (C=O) groups is 1. The van der Waals surface area contributed by atoms with Crippen molar-refractivity contribution in [3.63, 3.8) is 0 Å². The number of hydrogen-bond acceptors (Lipinski definition) is 5. The number of alkyl halides is 2. The Kier molecular flexibility index (Phi) is 4.79. The number of para-hydroxylation sites is 2. The van der Waals surface area contributed by atoms with E-state index in [-0.39, 0.29) is 24.7 Å². The highest BCUT2D eigenvalue weighted by atomic mass is 19.3. The fourth-order valence-corrected chi connectivity index (χ4v) is 2.95. The second kappa shape index (κ2) is 7.55. The Morgan fingerprint density at radius 1 is 1.14 bits per heavy atom. The average Bonchev–Trinajstić information content (AvgIpc) is 3.35. The Labute approximate surface area is 158 Å². The molecule has 0 aliphatic heterocycles. The van der Waals surface area contributed by atoms with Gasteiger partial charge in [0.05, 0.1) is 11.0 Å². The minimum absolute atomic E-state index is 0.182. The third-order valence-corrected chi connectivity index (χ3v) is 4.26. The number of halogens is 2. The fraction of sp³-hybridized carbons (Fsp3) is 0.158. The molecule has 1 N–H and O–H groups in total. The number of aromatic nitrogens is 4. The van der Waals surface area contributed by atoms with Crippen molar-refractivity contribution in [2.75, 3.05) is 6.54 Å². The molecule has 0 saturated heterocycles. The first-order chi connectivity index (χ1) is 13.6. The quantitative estimate of drug-likeness (QED) is 0.551. The predicted molar refractivity (Wildman–Crippen MR) is 96.8 cm³/mol. The second-order valence-corrected chi connectivity index (χ2v) is 6.00. The minimum atomic E-state index is -2.70. The Bertz CT molecular complexity index is 1090. The van der Waals surface area contributed by atoms with Crippen LogP contribution in [0.1, 0.15) is 22.7 Å². The van der Waals surface area contributed by atoms with Crippen molar-refractivity contribution in [1.82, 2.24) is 25.0 Å². The summed E-state index contributed by atoms with van der Waals surface area (Å²) in [5.41, 5.74) is 2.03. The zero-order valence-electron chi connectivity index (χ0n) is 14.5. The van der Waals surface area contributed by atoms with Gasteiger partial charge in [0.15, 0.2) is 0 Å². The number of amides is 1. The van der Waals surface area contributed by atoms with Gasteiger partial charge in [0, 0.05) is 24.1 Å². The molecule has 0 radical (unpaired) electrons. The van der Waals surface area contributed by atoms with Crippen molar-refractivity contribution in [2.45, 2.75) is 13.0 Å². The highest BCUT2D eigenvalue weighted by molar-refractivity contribution is 5.94. The number of nitrogens with one attached hydrogen (secondary N) is 1. The average molecular weight is 383 g/mol. The van der Waals surface area contributed by atoms with E-state index in [4.69, 9.17) is 0 Å². The van der Waals surface area contributed by atoms with E-state index in [1.807, 2.05) is 0 Å². The molecule has 0 unspecified atom stereocenters. The van der Waals surface area contributed by atoms with E-state index in [0.29, 0.717) is 22.4 Å². The first-order valence-electron chi connectivity index (χ1n) is 8.52. The van der Waals surface area contributed by atoms with E-state index in [9.17, 15) is 13.6 Å². The predicted octanol–water partition coefficient (Wildman–Crippen LogP) is 3.45. The number of carbonyl (C=O) groups excluding carboxylic acids is 1. The molecule has 2 aromatic carbocycles. The van der Waals surface area contributed by atoms with E-state index in [1.165, 1.54) is 6.39 Å². The van der Waals surface area contributed by atoms with Crippen molar-refractivity contribution in [3.05, 3.63) is 66.3 Å². The summed E-state index contributed by atoms with van der Waals surface area (Å²) in [6, 6.07) is 13.4. The van der Waals surface area contributed by atoms with Crippen LogP contribution in [0.25, 0.3) is 22.4 Å². The van der Waals surface area contributed by atoms with Gasteiger partial charge in [-0.05, 0) is 24.3 Å². The molecule has 0 fully saturated rings. The molecule has 0 bridgehead atoms. The first kappa shape index (κ1) is 17.8. The van der Waals surface area contributed by atoms with Gasteiger partial charge in [-0.15, -0.1) is 0 Å².